The summed E-state index contributed by atoms with van der Waals surface area (Å²) < 4.78 is 31.7. The van der Waals surface area contributed by atoms with Crippen LogP contribution in [0.2, 0.25) is 0 Å². The molecular weight excluding hydrogens is 291 g/mol. The first kappa shape index (κ1) is 17.3. The van der Waals surface area contributed by atoms with Crippen LogP contribution in [0.4, 0.5) is 13.2 Å². The second-order valence-electron chi connectivity index (χ2n) is 5.56. The molecular formula is C11H18F3N5O2. The van der Waals surface area contributed by atoms with E-state index in [1.807, 2.05) is 0 Å². The van der Waals surface area contributed by atoms with Crippen LogP contribution in [0.25, 0.3) is 0 Å². The van der Waals surface area contributed by atoms with Gasteiger partial charge in [-0.2, -0.15) is 18.0 Å². The average molecular weight is 309 g/mol. The van der Waals surface area contributed by atoms with E-state index in [-0.39, 0.29) is 5.54 Å². The van der Waals surface area contributed by atoms with Gasteiger partial charge in [0.1, 0.15) is 0 Å². The fourth-order valence-corrected chi connectivity index (χ4v) is 1.55. The normalized spacial score (nSPS) is 19.0. The maximum atomic E-state index is 10.6. The highest BCUT2D eigenvalue weighted by Gasteiger charge is 2.38. The van der Waals surface area contributed by atoms with Gasteiger partial charge in [-0.25, -0.2) is 4.79 Å². The number of rotatable bonds is 1. The number of nitrogens with one attached hydrogen (secondary N) is 1. The van der Waals surface area contributed by atoms with E-state index in [1.54, 1.807) is 4.80 Å². The minimum atomic E-state index is -5.08. The third-order valence-electron chi connectivity index (χ3n) is 2.64. The van der Waals surface area contributed by atoms with Crippen molar-refractivity contribution in [3.8, 4) is 0 Å². The van der Waals surface area contributed by atoms with Gasteiger partial charge < -0.3 is 10.4 Å². The molecule has 0 saturated carbocycles. The van der Waals surface area contributed by atoms with Crippen LogP contribution in [0.3, 0.4) is 0 Å². The molecule has 1 atom stereocenters. The van der Waals surface area contributed by atoms with Gasteiger partial charge in [-0.15, -0.1) is 10.2 Å². The molecule has 1 fully saturated rings. The topological polar surface area (TPSA) is 92.9 Å². The zero-order valence-electron chi connectivity index (χ0n) is 12.0. The number of hydrogen-bond donors (Lipinski definition) is 2. The van der Waals surface area contributed by atoms with E-state index in [1.165, 1.54) is 6.42 Å². The van der Waals surface area contributed by atoms with Gasteiger partial charge in [-0.3, -0.25) is 0 Å². The number of carboxylic acids is 1. The Labute approximate surface area is 119 Å². The summed E-state index contributed by atoms with van der Waals surface area (Å²) in [5, 5.41) is 23.0. The van der Waals surface area contributed by atoms with Gasteiger partial charge in [-0.05, 0) is 45.4 Å². The van der Waals surface area contributed by atoms with Gasteiger partial charge in [-0.1, -0.05) is 0 Å². The third-order valence-corrected chi connectivity index (χ3v) is 2.64. The molecule has 1 aliphatic heterocycles. The number of carboxylic acid groups (broad SMARTS) is 1. The SMILES string of the molecule is CC(C)(C)n1nnc([C@H]2CCCN2)n1.O=C(O)C(F)(F)F. The minimum absolute atomic E-state index is 0.0795. The maximum absolute atomic E-state index is 10.6. The van der Waals surface area contributed by atoms with Crippen LogP contribution in [0, 0.1) is 0 Å². The zero-order valence-corrected chi connectivity index (χ0v) is 12.0. The van der Waals surface area contributed by atoms with E-state index in [0.717, 1.165) is 18.8 Å². The van der Waals surface area contributed by atoms with Crippen LogP contribution in [-0.4, -0.2) is 44.0 Å². The van der Waals surface area contributed by atoms with E-state index in [4.69, 9.17) is 9.90 Å². The highest BCUT2D eigenvalue weighted by molar-refractivity contribution is 5.73. The van der Waals surface area contributed by atoms with Crippen LogP contribution in [0.5, 0.6) is 0 Å². The molecule has 7 nitrogen and oxygen atoms in total. The lowest BCUT2D eigenvalue weighted by Crippen LogP contribution is -2.25. The van der Waals surface area contributed by atoms with Crippen LogP contribution in [-0.2, 0) is 10.3 Å². The first-order chi connectivity index (χ1) is 9.51. The molecule has 1 aliphatic rings. The highest BCUT2D eigenvalue weighted by Crippen LogP contribution is 2.20. The predicted molar refractivity (Wildman–Crippen MR) is 66.5 cm³/mol. The van der Waals surface area contributed by atoms with Crippen molar-refractivity contribution in [1.29, 1.82) is 0 Å². The molecule has 0 aliphatic carbocycles. The average Bonchev–Trinajstić information content (AvgIpc) is 2.98. The van der Waals surface area contributed by atoms with E-state index in [9.17, 15) is 13.2 Å². The molecule has 1 aromatic heterocycles. The predicted octanol–water partition coefficient (Wildman–Crippen LogP) is 1.49. The van der Waals surface area contributed by atoms with Crippen molar-refractivity contribution in [2.75, 3.05) is 6.54 Å². The number of alkyl halides is 3. The molecule has 2 heterocycles. The number of aliphatic carboxylic acids is 1. The van der Waals surface area contributed by atoms with Gasteiger partial charge >= 0.3 is 12.1 Å². The molecule has 0 unspecified atom stereocenters. The van der Waals surface area contributed by atoms with Crippen LogP contribution in [0.1, 0.15) is 45.5 Å². The van der Waals surface area contributed by atoms with Crippen LogP contribution in [0.15, 0.2) is 0 Å². The smallest absolute Gasteiger partial charge is 0.475 e. The number of hydrogen-bond acceptors (Lipinski definition) is 5. The van der Waals surface area contributed by atoms with Gasteiger partial charge in [0.05, 0.1) is 11.6 Å². The first-order valence-corrected chi connectivity index (χ1v) is 6.35. The second kappa shape index (κ2) is 6.37. The van der Waals surface area contributed by atoms with Crippen molar-refractivity contribution in [3.63, 3.8) is 0 Å². The highest BCUT2D eigenvalue weighted by atomic mass is 19.4. The summed E-state index contributed by atoms with van der Waals surface area (Å²) in [4.78, 5) is 10.6. The zero-order chi connectivity index (χ0) is 16.3. The lowest BCUT2D eigenvalue weighted by molar-refractivity contribution is -0.192. The molecule has 0 amide bonds. The summed E-state index contributed by atoms with van der Waals surface area (Å²) >= 11 is 0. The number of aromatic nitrogens is 4. The summed E-state index contributed by atoms with van der Waals surface area (Å²) in [6.07, 6.45) is -2.76. The number of nitrogens with zero attached hydrogens (tertiary/aromatic N) is 4. The van der Waals surface area contributed by atoms with Gasteiger partial charge in [0, 0.05) is 0 Å². The Hall–Kier alpha value is -1.71. The third kappa shape index (κ3) is 5.29. The Morgan fingerprint density at radius 2 is 1.95 bits per heavy atom. The van der Waals surface area contributed by atoms with Gasteiger partial charge in [0.15, 0.2) is 5.82 Å². The van der Waals surface area contributed by atoms with Crippen molar-refractivity contribution >= 4 is 5.97 Å². The second-order valence-corrected chi connectivity index (χ2v) is 5.56. The summed E-state index contributed by atoms with van der Waals surface area (Å²) in [5.74, 6) is -1.93. The number of carbonyl (C=O) groups is 1. The Morgan fingerprint density at radius 3 is 2.29 bits per heavy atom. The molecule has 0 aromatic carbocycles. The molecule has 0 spiro atoms. The van der Waals surface area contributed by atoms with Crippen LogP contribution >= 0.6 is 0 Å². The first-order valence-electron chi connectivity index (χ1n) is 6.35. The van der Waals surface area contributed by atoms with Crippen molar-refractivity contribution in [2.24, 2.45) is 0 Å². The quantitative estimate of drug-likeness (QED) is 0.816. The molecule has 1 aromatic rings. The maximum Gasteiger partial charge on any atom is 0.490 e. The Morgan fingerprint density at radius 1 is 1.38 bits per heavy atom. The monoisotopic (exact) mass is 309 g/mol. The Balaban J connectivity index is 0.000000270. The van der Waals surface area contributed by atoms with Crippen molar-refractivity contribution in [3.05, 3.63) is 5.82 Å². The van der Waals surface area contributed by atoms with Gasteiger partial charge in [0.2, 0.25) is 0 Å². The van der Waals surface area contributed by atoms with Crippen molar-refractivity contribution in [1.82, 2.24) is 25.5 Å². The molecule has 21 heavy (non-hydrogen) atoms. The van der Waals surface area contributed by atoms with Gasteiger partial charge in [0.25, 0.3) is 0 Å². The van der Waals surface area contributed by atoms with E-state index >= 15 is 0 Å². The lowest BCUT2D eigenvalue weighted by Gasteiger charge is -2.15. The summed E-state index contributed by atoms with van der Waals surface area (Å²) in [6, 6.07) is 0.311. The van der Waals surface area contributed by atoms with E-state index in [0.29, 0.717) is 6.04 Å². The minimum Gasteiger partial charge on any atom is -0.475 e. The molecule has 1 saturated heterocycles. The number of halogens is 3. The van der Waals surface area contributed by atoms with Crippen LogP contribution < -0.4 is 5.32 Å². The van der Waals surface area contributed by atoms with Crippen molar-refractivity contribution in [2.45, 2.75) is 51.4 Å². The van der Waals surface area contributed by atoms with E-state index in [2.05, 4.69) is 41.5 Å². The fraction of sp³-hybridized carbons (Fsp3) is 0.818. The Kier molecular flexibility index (Phi) is 5.26. The standard InChI is InChI=1S/C9H17N5.C2HF3O2/c1-9(2,3)14-12-8(11-13-14)7-5-4-6-10-7;3-2(4,5)1(6)7/h7,10H,4-6H2,1-3H3;(H,6,7)/t7-;/m1./s1. The van der Waals surface area contributed by atoms with E-state index < -0.39 is 12.1 Å². The summed E-state index contributed by atoms with van der Waals surface area (Å²) in [7, 11) is 0. The number of tetrazole rings is 1. The largest absolute Gasteiger partial charge is 0.490 e. The molecule has 2 rings (SSSR count). The molecule has 120 valence electrons. The lowest BCUT2D eigenvalue weighted by atomic mass is 10.1. The molecule has 0 radical (unpaired) electrons. The Bertz CT molecular complexity index is 475. The summed E-state index contributed by atoms with van der Waals surface area (Å²) in [6.45, 7) is 7.27. The molecule has 10 heteroatoms. The summed E-state index contributed by atoms with van der Waals surface area (Å²) in [5.41, 5.74) is -0.0795. The van der Waals surface area contributed by atoms with Crippen molar-refractivity contribution < 1.29 is 23.1 Å². The molecule has 2 N–H and O–H groups in total. The molecule has 0 bridgehead atoms. The fourth-order valence-electron chi connectivity index (χ4n) is 1.55.